The maximum absolute atomic E-state index is 13.3. The lowest BCUT2D eigenvalue weighted by molar-refractivity contribution is -0.122. The van der Waals surface area contributed by atoms with Crippen molar-refractivity contribution in [1.29, 1.82) is 0 Å². The molecule has 15 rings (SSSR count). The van der Waals surface area contributed by atoms with Gasteiger partial charge in [-0.1, -0.05) is 28.1 Å². The van der Waals surface area contributed by atoms with Gasteiger partial charge >= 0.3 is 14.2 Å². The van der Waals surface area contributed by atoms with Crippen LogP contribution in [0.15, 0.2) is 177 Å². The summed E-state index contributed by atoms with van der Waals surface area (Å²) in [5.41, 5.74) is 14.8. The van der Waals surface area contributed by atoms with E-state index >= 15 is 0 Å². The first-order chi connectivity index (χ1) is 53.4. The van der Waals surface area contributed by atoms with Gasteiger partial charge in [0.05, 0.1) is 35.5 Å². The highest BCUT2D eigenvalue weighted by Crippen LogP contribution is 2.39. The number of carbonyl (C=O) groups is 4. The van der Waals surface area contributed by atoms with Crippen LogP contribution in [-0.4, -0.2) is 144 Å². The normalized spacial score (nSPS) is 16.7. The molecular formula is C76H79B2BrClF3N18O11. The SMILES string of the molecule is CC1(C)OB(c2ccc(Oc3ccc(F)cc3)cc2CBr)OC1(C)C.CC1(C)OB(c2ccc(Oc3ccc(F)cc3)cc2Cn2cncn2)OC1(C)C.NC(=O)c1cc(CC2CCNC2=O)nc(-c2ccc(Oc3ccc(F)cc3)cc2Cn2cncn2)n1.NC(=O)c1cc(NC2CCNC2=O)nc(Cl)n1.c1nc[nH]n1. The summed E-state index contributed by atoms with van der Waals surface area (Å²) in [4.78, 5) is 74.6. The minimum atomic E-state index is -0.701. The first kappa shape index (κ1) is 81.5. The number of carbonyl (C=O) groups excluding carboxylic acids is 4. The average Bonchev–Trinajstić information content (AvgIpc) is 1.66. The molecule has 9 heterocycles. The van der Waals surface area contributed by atoms with E-state index in [0.717, 1.165) is 27.6 Å². The molecule has 6 aromatic carbocycles. The topological polar surface area (TPSA) is 376 Å². The number of halogens is 5. The van der Waals surface area contributed by atoms with E-state index in [0.29, 0.717) is 108 Å². The molecule has 11 aromatic rings. The summed E-state index contributed by atoms with van der Waals surface area (Å²) in [5.74, 6) is 1.32. The number of ether oxygens (including phenoxy) is 3. The molecule has 0 aliphatic carbocycles. The molecule has 0 bridgehead atoms. The Balaban J connectivity index is 0.000000148. The van der Waals surface area contributed by atoms with Crippen LogP contribution >= 0.6 is 27.5 Å². The van der Waals surface area contributed by atoms with Crippen LogP contribution in [0.3, 0.4) is 0 Å². The lowest BCUT2D eigenvalue weighted by Gasteiger charge is -2.32. The number of primary amides is 2. The number of nitrogens with two attached hydrogens (primary N) is 2. The van der Waals surface area contributed by atoms with Gasteiger partial charge in [0.2, 0.25) is 17.1 Å². The Kier molecular flexibility index (Phi) is 26.3. The molecule has 0 spiro atoms. The number of amides is 4. The van der Waals surface area contributed by atoms with Crippen LogP contribution in [0.2, 0.25) is 5.28 Å². The summed E-state index contributed by atoms with van der Waals surface area (Å²) in [6, 6.07) is 36.9. The summed E-state index contributed by atoms with van der Waals surface area (Å²) >= 11 is 9.17. The summed E-state index contributed by atoms with van der Waals surface area (Å²) in [6.07, 6.45) is 10.8. The van der Waals surface area contributed by atoms with Crippen LogP contribution in [-0.2, 0) is 53.0 Å². The van der Waals surface area contributed by atoms with Crippen molar-refractivity contribution in [2.75, 3.05) is 18.4 Å². The molecule has 29 nitrogen and oxygen atoms in total. The number of anilines is 1. The predicted molar refractivity (Wildman–Crippen MR) is 412 cm³/mol. The van der Waals surface area contributed by atoms with Crippen LogP contribution < -0.4 is 52.6 Å². The van der Waals surface area contributed by atoms with E-state index in [4.69, 9.17) is 55.9 Å². The van der Waals surface area contributed by atoms with Gasteiger partial charge in [-0.25, -0.2) is 57.4 Å². The average molecular weight is 1610 g/mol. The quantitative estimate of drug-likeness (QED) is 0.0234. The second-order valence-corrected chi connectivity index (χ2v) is 28.7. The Bertz CT molecular complexity index is 5000. The molecule has 2 unspecified atom stereocenters. The molecule has 580 valence electrons. The van der Waals surface area contributed by atoms with Crippen molar-refractivity contribution in [3.63, 3.8) is 0 Å². The minimum Gasteiger partial charge on any atom is -0.457 e. The van der Waals surface area contributed by atoms with Gasteiger partial charge in [-0.2, -0.15) is 15.3 Å². The second-order valence-electron chi connectivity index (χ2n) is 27.8. The van der Waals surface area contributed by atoms with Crippen molar-refractivity contribution in [2.45, 2.75) is 122 Å². The molecule has 4 amide bonds. The summed E-state index contributed by atoms with van der Waals surface area (Å²) < 4.78 is 85.1. The number of aromatic nitrogens is 13. The highest BCUT2D eigenvalue weighted by Gasteiger charge is 2.53. The lowest BCUT2D eigenvalue weighted by Crippen LogP contribution is -2.41. The molecule has 0 saturated carbocycles. The van der Waals surface area contributed by atoms with Crippen molar-refractivity contribution < 1.29 is 65.2 Å². The first-order valence-corrected chi connectivity index (χ1v) is 36.7. The third-order valence-electron chi connectivity index (χ3n) is 18.8. The van der Waals surface area contributed by atoms with E-state index in [1.54, 1.807) is 64.5 Å². The smallest absolute Gasteiger partial charge is 0.457 e. The van der Waals surface area contributed by atoms with Gasteiger partial charge in [-0.15, -0.1) is 0 Å². The summed E-state index contributed by atoms with van der Waals surface area (Å²) in [6.45, 7) is 18.3. The van der Waals surface area contributed by atoms with Crippen LogP contribution in [0.25, 0.3) is 11.4 Å². The number of hydrogen-bond donors (Lipinski definition) is 6. The van der Waals surface area contributed by atoms with Gasteiger partial charge in [0.1, 0.15) is 113 Å². The highest BCUT2D eigenvalue weighted by atomic mass is 79.9. The molecular weight excluding hydrogens is 1530 g/mol. The number of H-pyrrole nitrogens is 1. The molecule has 2 atom stereocenters. The van der Waals surface area contributed by atoms with E-state index < -0.39 is 37.3 Å². The molecule has 5 aromatic heterocycles. The zero-order valence-corrected chi connectivity index (χ0v) is 64.5. The number of hydrogen-bond acceptors (Lipinski definition) is 22. The fourth-order valence-corrected chi connectivity index (χ4v) is 12.1. The fourth-order valence-electron chi connectivity index (χ4n) is 11.5. The number of benzene rings is 6. The third kappa shape index (κ3) is 21.5. The van der Waals surface area contributed by atoms with Gasteiger partial charge in [-0.3, -0.25) is 24.3 Å². The fraction of sp³-hybridized carbons (Fsp3) is 0.289. The maximum atomic E-state index is 13.3. The molecule has 36 heteroatoms. The summed E-state index contributed by atoms with van der Waals surface area (Å²) in [5, 5.41) is 23.3. The van der Waals surface area contributed by atoms with E-state index in [2.05, 4.69) is 87.2 Å². The van der Waals surface area contributed by atoms with Crippen LogP contribution in [0.1, 0.15) is 112 Å². The highest BCUT2D eigenvalue weighted by molar-refractivity contribution is 9.08. The zero-order valence-electron chi connectivity index (χ0n) is 62.1. The van der Waals surface area contributed by atoms with Crippen LogP contribution in [0, 0.1) is 23.4 Å². The molecule has 0 radical (unpaired) electrons. The van der Waals surface area contributed by atoms with Crippen molar-refractivity contribution in [2.24, 2.45) is 17.4 Å². The van der Waals surface area contributed by atoms with Gasteiger partial charge < -0.3 is 60.2 Å². The number of nitrogens with one attached hydrogen (secondary N) is 4. The number of rotatable bonds is 20. The second kappa shape index (κ2) is 36.1. The van der Waals surface area contributed by atoms with Crippen molar-refractivity contribution in [1.82, 2.24) is 75.3 Å². The molecule has 4 aliphatic rings. The Morgan fingerprint density at radius 2 is 1.02 bits per heavy atom. The van der Waals surface area contributed by atoms with Gasteiger partial charge in [0.15, 0.2) is 5.82 Å². The Morgan fingerprint density at radius 1 is 0.562 bits per heavy atom. The van der Waals surface area contributed by atoms with Crippen molar-refractivity contribution in [3.8, 4) is 45.9 Å². The van der Waals surface area contributed by atoms with Gasteiger partial charge in [-0.05, 0) is 229 Å². The first-order valence-electron chi connectivity index (χ1n) is 35.2. The number of nitrogens with zero attached hydrogens (tertiary/aromatic N) is 12. The third-order valence-corrected chi connectivity index (χ3v) is 19.5. The Morgan fingerprint density at radius 3 is 1.45 bits per heavy atom. The molecule has 112 heavy (non-hydrogen) atoms. The van der Waals surface area contributed by atoms with E-state index in [9.17, 15) is 32.3 Å². The molecule has 4 fully saturated rings. The lowest BCUT2D eigenvalue weighted by atomic mass is 9.76. The molecule has 4 saturated heterocycles. The monoisotopic (exact) mass is 1610 g/mol. The van der Waals surface area contributed by atoms with Crippen molar-refractivity contribution in [3.05, 3.63) is 234 Å². The molecule has 4 aliphatic heterocycles. The van der Waals surface area contributed by atoms with Gasteiger partial charge in [0, 0.05) is 48.1 Å². The minimum absolute atomic E-state index is 0.00547. The van der Waals surface area contributed by atoms with Gasteiger partial charge in [0.25, 0.3) is 11.8 Å². The zero-order chi connectivity index (χ0) is 79.9. The van der Waals surface area contributed by atoms with E-state index in [-0.39, 0.29) is 69.1 Å². The largest absolute Gasteiger partial charge is 0.495 e. The number of alkyl halides is 1. The Labute approximate surface area is 656 Å². The Hall–Kier alpha value is -11.5. The van der Waals surface area contributed by atoms with Crippen LogP contribution in [0.4, 0.5) is 19.0 Å². The maximum Gasteiger partial charge on any atom is 0.495 e. The molecule has 8 N–H and O–H groups in total. The predicted octanol–water partition coefficient (Wildman–Crippen LogP) is 10.2. The summed E-state index contributed by atoms with van der Waals surface area (Å²) in [7, 11) is -0.921. The van der Waals surface area contributed by atoms with E-state index in [1.807, 2.05) is 91.8 Å². The van der Waals surface area contributed by atoms with E-state index in [1.165, 1.54) is 86.0 Å². The number of aromatic amines is 1. The van der Waals surface area contributed by atoms with Crippen molar-refractivity contribution >= 4 is 82.1 Å². The van der Waals surface area contributed by atoms with Crippen LogP contribution in [0.5, 0.6) is 34.5 Å². The standard InChI is InChI=1S/C25H22FN7O3.C21H23BFN3O3.C19H21BBrFO3.C9H10ClN5O2.C2H3N3/c26-17-1-3-19(4-2-17)36-20-5-6-21(16(10-20)12-33-14-28-13-30-33)24-31-18(11-22(32-24)23(27)34)9-15-7-8-29-25(15)35;1-20(2)21(3,4)29-22(28-20)19-10-9-18(27-17-7-5-16(23)6-8-17)11-15(19)12-26-14-24-13-25-26;1-18(2)19(3,4)25-20(24-18)17-10-9-16(11-13(17)12-21)23-15-7-5-14(22)6-8-15;10-9-14-5(7(11)16)3-6(15-9)13-4-1-2-12-8(4)17;1-3-2-5-4-1/h1-6,10-11,13-15H,7-9,12H2,(H2,27,34)(H,29,35);5-11,13-14H,12H2,1-4H3;5-11H,12H2,1-4H3;3-4H,1-2H2,(H2,11,16)(H,12,17)(H,13,14,15);1-2H,(H,3,4,5).